The fraction of sp³-hybridized carbons (Fsp3) is 0.500. The van der Waals surface area contributed by atoms with Crippen molar-refractivity contribution in [2.24, 2.45) is 17.3 Å². The number of esters is 1. The van der Waals surface area contributed by atoms with Crippen molar-refractivity contribution in [3.05, 3.63) is 85.0 Å². The number of aliphatic hydroxyl groups is 1. The number of carbonyl (C=O) groups excluding carboxylic acids is 2. The summed E-state index contributed by atoms with van der Waals surface area (Å²) in [6.07, 6.45) is 9.02. The summed E-state index contributed by atoms with van der Waals surface area (Å²) in [7, 11) is -2.81. The summed E-state index contributed by atoms with van der Waals surface area (Å²) in [6.45, 7) is 14.3. The lowest BCUT2D eigenvalue weighted by atomic mass is 9.76. The van der Waals surface area contributed by atoms with Gasteiger partial charge in [-0.25, -0.2) is 4.79 Å². The normalized spacial score (nSPS) is 26.3. The van der Waals surface area contributed by atoms with Crippen LogP contribution in [0, 0.1) is 17.3 Å². The molecule has 2 aromatic rings. The highest BCUT2D eigenvalue weighted by Gasteiger charge is 2.50. The molecule has 1 N–H and O–H groups in total. The van der Waals surface area contributed by atoms with Gasteiger partial charge < -0.3 is 14.3 Å². The van der Waals surface area contributed by atoms with Crippen LogP contribution < -0.4 is 10.4 Å². The molecule has 3 rings (SSSR count). The molecule has 42 heavy (non-hydrogen) atoms. The van der Waals surface area contributed by atoms with Gasteiger partial charge in [-0.2, -0.15) is 0 Å². The van der Waals surface area contributed by atoms with Gasteiger partial charge in [0.05, 0.1) is 12.7 Å². The third-order valence-electron chi connectivity index (χ3n) is 8.56. The van der Waals surface area contributed by atoms with Crippen LogP contribution in [-0.2, 0) is 18.8 Å². The maximum atomic E-state index is 13.3. The van der Waals surface area contributed by atoms with Crippen molar-refractivity contribution in [2.75, 3.05) is 6.61 Å². The number of allylic oxidation sites excluding steroid dienone is 2. The fourth-order valence-electron chi connectivity index (χ4n) is 6.02. The molecule has 0 aliphatic carbocycles. The molecule has 1 aliphatic heterocycles. The molecule has 0 bridgehead atoms. The Kier molecular flexibility index (Phi) is 11.7. The van der Waals surface area contributed by atoms with Gasteiger partial charge in [0, 0.05) is 23.8 Å². The number of benzene rings is 2. The topological polar surface area (TPSA) is 72.8 Å². The molecular weight excluding hydrogens is 540 g/mol. The molecule has 228 valence electrons. The minimum absolute atomic E-state index is 0.00241. The second kappa shape index (κ2) is 14.6. The van der Waals surface area contributed by atoms with Crippen LogP contribution in [0.25, 0.3) is 0 Å². The highest BCUT2D eigenvalue weighted by molar-refractivity contribution is 6.99. The third-order valence-corrected chi connectivity index (χ3v) is 13.6. The van der Waals surface area contributed by atoms with Crippen molar-refractivity contribution < 1.29 is 23.9 Å². The predicted molar refractivity (Wildman–Crippen MR) is 173 cm³/mol. The molecule has 2 aromatic carbocycles. The number of Topliss-reactive ketones (excluding diaryl/α,β-unsaturated/α-hetero) is 1. The van der Waals surface area contributed by atoms with Crippen molar-refractivity contribution in [1.29, 1.82) is 0 Å². The number of ketones is 1. The summed E-state index contributed by atoms with van der Waals surface area (Å²) in [6, 6.07) is 20.9. The number of hydrogen-bond donors (Lipinski definition) is 1. The van der Waals surface area contributed by atoms with Gasteiger partial charge in [0.15, 0.2) is 0 Å². The van der Waals surface area contributed by atoms with Crippen LogP contribution in [0.2, 0.25) is 5.04 Å². The maximum absolute atomic E-state index is 13.3. The lowest BCUT2D eigenvalue weighted by Crippen LogP contribution is -2.67. The van der Waals surface area contributed by atoms with Crippen molar-refractivity contribution >= 4 is 30.4 Å². The minimum Gasteiger partial charge on any atom is -0.456 e. The van der Waals surface area contributed by atoms with E-state index in [0.717, 1.165) is 19.3 Å². The molecule has 0 amide bonds. The average molecular weight is 591 g/mol. The first-order valence-corrected chi connectivity index (χ1v) is 17.2. The third kappa shape index (κ3) is 8.18. The summed E-state index contributed by atoms with van der Waals surface area (Å²) in [4.78, 5) is 26.4. The van der Waals surface area contributed by atoms with Crippen molar-refractivity contribution in [2.45, 2.75) is 91.4 Å². The number of rotatable bonds is 5. The van der Waals surface area contributed by atoms with Crippen LogP contribution >= 0.6 is 0 Å². The van der Waals surface area contributed by atoms with E-state index in [4.69, 9.17) is 9.16 Å². The number of carbonyl (C=O) groups is 2. The number of hydrogen-bond acceptors (Lipinski definition) is 5. The molecule has 0 spiro atoms. The second-order valence-electron chi connectivity index (χ2n) is 13.3. The van der Waals surface area contributed by atoms with Crippen LogP contribution in [0.1, 0.15) is 74.1 Å². The van der Waals surface area contributed by atoms with E-state index in [-0.39, 0.29) is 23.3 Å². The van der Waals surface area contributed by atoms with Gasteiger partial charge >= 0.3 is 5.97 Å². The largest absolute Gasteiger partial charge is 0.456 e. The fourth-order valence-corrected chi connectivity index (χ4v) is 10.6. The molecule has 0 unspecified atom stereocenters. The zero-order valence-corrected chi connectivity index (χ0v) is 27.5. The zero-order chi connectivity index (χ0) is 31.0. The lowest BCUT2D eigenvalue weighted by Gasteiger charge is -2.43. The van der Waals surface area contributed by atoms with E-state index >= 15 is 0 Å². The molecule has 6 heteroatoms. The van der Waals surface area contributed by atoms with E-state index in [2.05, 4.69) is 81.5 Å². The second-order valence-corrected chi connectivity index (χ2v) is 17.7. The molecule has 0 aromatic heterocycles. The SMILES string of the molecule is C[C@@H]1C(=O)C(C)(C)/C=C/C(=O)O[C@@H](CO[Si](c2ccccc2)(c2ccccc2)C(C)(C)C)C/C=C\CCC[C@H](C)[C@H]1O. The van der Waals surface area contributed by atoms with Crippen LogP contribution in [-0.4, -0.2) is 44.0 Å². The van der Waals surface area contributed by atoms with Gasteiger partial charge in [-0.3, -0.25) is 4.79 Å². The molecule has 0 radical (unpaired) electrons. The highest BCUT2D eigenvalue weighted by Crippen LogP contribution is 2.37. The standard InChI is InChI=1S/C36H50O5Si/c1-27-18-12-8-9-13-19-29(41-32(37)24-25-36(6,7)34(39)28(2)33(27)38)26-40-42(35(3,4)5,30-20-14-10-15-21-30)31-22-16-11-17-23-31/h9-11,13-17,20-25,27-29,33,38H,8,12,18-19,26H2,1-7H3/b13-9-,25-24+/t27-,28-,29+,33+/m0/s1. The highest BCUT2D eigenvalue weighted by atomic mass is 28.4. The molecule has 1 heterocycles. The Morgan fingerprint density at radius 3 is 2.07 bits per heavy atom. The first-order chi connectivity index (χ1) is 19.8. The molecule has 0 saturated heterocycles. The summed E-state index contributed by atoms with van der Waals surface area (Å²) >= 11 is 0. The van der Waals surface area contributed by atoms with Gasteiger partial charge in [-0.05, 0) is 54.4 Å². The molecule has 0 saturated carbocycles. The molecular formula is C36H50O5Si. The Balaban J connectivity index is 1.94. The predicted octanol–water partition coefficient (Wildman–Crippen LogP) is 6.39. The first kappa shape index (κ1) is 33.7. The molecule has 0 fully saturated rings. The number of ether oxygens (including phenoxy) is 1. The van der Waals surface area contributed by atoms with E-state index < -0.39 is 37.8 Å². The monoisotopic (exact) mass is 590 g/mol. The molecule has 4 atom stereocenters. The summed E-state index contributed by atoms with van der Waals surface area (Å²) in [5.74, 6) is -1.13. The average Bonchev–Trinajstić information content (AvgIpc) is 2.96. The summed E-state index contributed by atoms with van der Waals surface area (Å²) in [5, 5.41) is 13.0. The Labute approximate surface area is 254 Å². The maximum Gasteiger partial charge on any atom is 0.330 e. The van der Waals surface area contributed by atoms with Crippen LogP contribution in [0.3, 0.4) is 0 Å². The Hall–Kier alpha value is -2.80. The van der Waals surface area contributed by atoms with Gasteiger partial charge in [0.25, 0.3) is 8.32 Å². The van der Waals surface area contributed by atoms with Gasteiger partial charge in [-0.15, -0.1) is 0 Å². The van der Waals surface area contributed by atoms with E-state index in [9.17, 15) is 14.7 Å². The van der Waals surface area contributed by atoms with Crippen molar-refractivity contribution in [3.8, 4) is 0 Å². The number of aliphatic hydroxyl groups excluding tert-OH is 1. The summed E-state index contributed by atoms with van der Waals surface area (Å²) < 4.78 is 13.1. The van der Waals surface area contributed by atoms with Crippen LogP contribution in [0.15, 0.2) is 85.0 Å². The molecule has 1 aliphatic rings. The van der Waals surface area contributed by atoms with E-state index in [1.165, 1.54) is 16.4 Å². The van der Waals surface area contributed by atoms with E-state index in [0.29, 0.717) is 6.42 Å². The molecule has 5 nitrogen and oxygen atoms in total. The Morgan fingerprint density at radius 1 is 0.952 bits per heavy atom. The van der Waals surface area contributed by atoms with E-state index in [1.807, 2.05) is 19.1 Å². The van der Waals surface area contributed by atoms with Gasteiger partial charge in [0.1, 0.15) is 11.9 Å². The smallest absolute Gasteiger partial charge is 0.330 e. The van der Waals surface area contributed by atoms with Crippen LogP contribution in [0.5, 0.6) is 0 Å². The zero-order valence-electron chi connectivity index (χ0n) is 26.5. The summed E-state index contributed by atoms with van der Waals surface area (Å²) in [5.41, 5.74) is -0.920. The lowest BCUT2D eigenvalue weighted by molar-refractivity contribution is -0.144. The van der Waals surface area contributed by atoms with Crippen LogP contribution in [0.4, 0.5) is 0 Å². The first-order valence-electron chi connectivity index (χ1n) is 15.3. The minimum atomic E-state index is -2.81. The quantitative estimate of drug-likeness (QED) is 0.248. The van der Waals surface area contributed by atoms with Crippen molar-refractivity contribution in [1.82, 2.24) is 0 Å². The van der Waals surface area contributed by atoms with Gasteiger partial charge in [-0.1, -0.05) is 114 Å². The number of cyclic esters (lactones) is 1. The van der Waals surface area contributed by atoms with E-state index in [1.54, 1.807) is 26.8 Å². The Morgan fingerprint density at radius 2 is 1.52 bits per heavy atom. The Bertz CT molecular complexity index is 1170. The van der Waals surface area contributed by atoms with Gasteiger partial charge in [0.2, 0.25) is 0 Å². The van der Waals surface area contributed by atoms with Crippen molar-refractivity contribution in [3.63, 3.8) is 0 Å².